The minimum Gasteiger partial charge on any atom is -0.507 e. The number of likely N-dealkylation sites (tertiary alicyclic amines) is 1. The smallest absolute Gasteiger partial charge is 0.173 e. The lowest BCUT2D eigenvalue weighted by molar-refractivity contribution is 0.261. The van der Waals surface area contributed by atoms with Crippen LogP contribution >= 0.6 is 0 Å². The molecule has 6 nitrogen and oxygen atoms in total. The number of aromatic amines is 1. The van der Waals surface area contributed by atoms with E-state index in [4.69, 9.17) is 0 Å². The van der Waals surface area contributed by atoms with Gasteiger partial charge in [0.25, 0.3) is 0 Å². The molecule has 0 aliphatic carbocycles. The van der Waals surface area contributed by atoms with Gasteiger partial charge in [-0.15, -0.1) is 10.2 Å². The highest BCUT2D eigenvalue weighted by Gasteiger charge is 2.20. The lowest BCUT2D eigenvalue weighted by atomic mass is 10.1. The minimum atomic E-state index is -0.487. The molecule has 0 unspecified atom stereocenters. The molecule has 3 heterocycles. The Morgan fingerprint density at radius 3 is 3.00 bits per heavy atom. The lowest BCUT2D eigenvalue weighted by Gasteiger charge is -2.30. The summed E-state index contributed by atoms with van der Waals surface area (Å²) >= 11 is 0. The summed E-state index contributed by atoms with van der Waals surface area (Å²) in [5, 5.41) is 23.0. The molecule has 1 fully saturated rings. The number of fused-ring (bicyclic) bond motifs is 1. The van der Waals surface area contributed by atoms with E-state index in [-0.39, 0.29) is 5.75 Å². The van der Waals surface area contributed by atoms with Crippen LogP contribution in [-0.4, -0.2) is 51.4 Å². The van der Waals surface area contributed by atoms with Crippen LogP contribution in [0.25, 0.3) is 22.2 Å². The highest BCUT2D eigenvalue weighted by Crippen LogP contribution is 2.34. The van der Waals surface area contributed by atoms with Gasteiger partial charge in [0.05, 0.1) is 5.52 Å². The highest BCUT2D eigenvalue weighted by atomic mass is 19.1. The van der Waals surface area contributed by atoms with Gasteiger partial charge in [-0.25, -0.2) is 4.39 Å². The van der Waals surface area contributed by atoms with Crippen molar-refractivity contribution in [3.63, 3.8) is 0 Å². The third-order valence-corrected chi connectivity index (χ3v) is 4.67. The number of phenols is 1. The maximum absolute atomic E-state index is 13.3. The second kappa shape index (κ2) is 6.33. The summed E-state index contributed by atoms with van der Waals surface area (Å²) in [5.41, 5.74) is 1.82. The number of nitrogens with zero attached hydrogens (tertiary/aromatic N) is 3. The average molecular weight is 341 g/mol. The van der Waals surface area contributed by atoms with Crippen LogP contribution in [0, 0.1) is 5.82 Å². The fourth-order valence-corrected chi connectivity index (χ4v) is 3.45. The minimum absolute atomic E-state index is 0.147. The van der Waals surface area contributed by atoms with Crippen LogP contribution in [0.5, 0.6) is 5.75 Å². The van der Waals surface area contributed by atoms with E-state index >= 15 is 0 Å². The van der Waals surface area contributed by atoms with E-state index in [0.717, 1.165) is 42.9 Å². The molecule has 1 aromatic carbocycles. The van der Waals surface area contributed by atoms with Gasteiger partial charge < -0.3 is 20.3 Å². The predicted molar refractivity (Wildman–Crippen MR) is 95.1 cm³/mol. The molecule has 0 amide bonds. The van der Waals surface area contributed by atoms with E-state index in [2.05, 4.69) is 32.4 Å². The second-order valence-corrected chi connectivity index (χ2v) is 6.57. The van der Waals surface area contributed by atoms with Crippen LogP contribution in [0.2, 0.25) is 0 Å². The third-order valence-electron chi connectivity index (χ3n) is 4.67. The molecule has 0 radical (unpaired) electrons. The Morgan fingerprint density at radius 1 is 1.32 bits per heavy atom. The molecule has 1 atom stereocenters. The van der Waals surface area contributed by atoms with Gasteiger partial charge >= 0.3 is 0 Å². The largest absolute Gasteiger partial charge is 0.507 e. The molecule has 3 aromatic rings. The van der Waals surface area contributed by atoms with E-state index < -0.39 is 5.82 Å². The highest BCUT2D eigenvalue weighted by molar-refractivity contribution is 5.99. The standard InChI is InChI=1S/C18H20FN5O/c1-24-8-2-3-12(10-24)21-18-17-14(6-7-20-17)16(22-23-18)13-5-4-11(19)9-15(13)25/h4-7,9,12,20,25H,2-3,8,10H2,1H3,(H,21,23)/t12-/m1/s1. The number of halogens is 1. The van der Waals surface area contributed by atoms with Crippen molar-refractivity contribution >= 4 is 16.7 Å². The molecule has 1 aliphatic rings. The number of nitrogens with one attached hydrogen (secondary N) is 2. The van der Waals surface area contributed by atoms with E-state index in [1.54, 1.807) is 0 Å². The van der Waals surface area contributed by atoms with Gasteiger partial charge in [0, 0.05) is 35.8 Å². The summed E-state index contributed by atoms with van der Waals surface area (Å²) in [6.45, 7) is 2.08. The number of likely N-dealkylation sites (N-methyl/N-ethyl adjacent to an activating group) is 1. The zero-order valence-corrected chi connectivity index (χ0v) is 14.0. The summed E-state index contributed by atoms with van der Waals surface area (Å²) in [7, 11) is 2.12. The second-order valence-electron chi connectivity index (χ2n) is 6.57. The Bertz CT molecular complexity index is 910. The van der Waals surface area contributed by atoms with Crippen molar-refractivity contribution in [2.45, 2.75) is 18.9 Å². The Morgan fingerprint density at radius 2 is 2.20 bits per heavy atom. The SMILES string of the molecule is CN1CCC[C@@H](Nc2nnc(-c3ccc(F)cc3O)c3cc[nH]c23)C1. The third kappa shape index (κ3) is 3.02. The number of anilines is 1. The van der Waals surface area contributed by atoms with Crippen molar-refractivity contribution < 1.29 is 9.50 Å². The molecule has 1 aliphatic heterocycles. The zero-order valence-electron chi connectivity index (χ0n) is 14.0. The van der Waals surface area contributed by atoms with Gasteiger partial charge in [0.15, 0.2) is 5.82 Å². The van der Waals surface area contributed by atoms with Crippen molar-refractivity contribution in [3.05, 3.63) is 36.3 Å². The van der Waals surface area contributed by atoms with Crippen molar-refractivity contribution in [3.8, 4) is 17.0 Å². The van der Waals surface area contributed by atoms with Gasteiger partial charge in [0.1, 0.15) is 17.3 Å². The van der Waals surface area contributed by atoms with Crippen molar-refractivity contribution in [2.75, 3.05) is 25.5 Å². The van der Waals surface area contributed by atoms with Crippen molar-refractivity contribution in [2.24, 2.45) is 0 Å². The zero-order chi connectivity index (χ0) is 17.4. The lowest BCUT2D eigenvalue weighted by Crippen LogP contribution is -2.40. The van der Waals surface area contributed by atoms with Gasteiger partial charge in [0.2, 0.25) is 0 Å². The normalized spacial score (nSPS) is 18.6. The van der Waals surface area contributed by atoms with E-state index in [0.29, 0.717) is 23.1 Å². The molecule has 0 saturated carbocycles. The first-order valence-corrected chi connectivity index (χ1v) is 8.39. The molecular formula is C18H20FN5O. The Labute approximate surface area is 144 Å². The van der Waals surface area contributed by atoms with Crippen LogP contribution in [-0.2, 0) is 0 Å². The van der Waals surface area contributed by atoms with Crippen LogP contribution in [0.1, 0.15) is 12.8 Å². The molecule has 130 valence electrons. The molecule has 1 saturated heterocycles. The van der Waals surface area contributed by atoms with Gasteiger partial charge in [-0.3, -0.25) is 0 Å². The van der Waals surface area contributed by atoms with Crippen LogP contribution in [0.3, 0.4) is 0 Å². The quantitative estimate of drug-likeness (QED) is 0.683. The predicted octanol–water partition coefficient (Wildman–Crippen LogP) is 2.98. The molecule has 7 heteroatoms. The van der Waals surface area contributed by atoms with Crippen LogP contribution in [0.4, 0.5) is 10.2 Å². The summed E-state index contributed by atoms with van der Waals surface area (Å²) < 4.78 is 13.3. The van der Waals surface area contributed by atoms with E-state index in [1.807, 2.05) is 12.3 Å². The number of H-pyrrole nitrogens is 1. The number of piperidine rings is 1. The van der Waals surface area contributed by atoms with Gasteiger partial charge in [-0.1, -0.05) is 0 Å². The van der Waals surface area contributed by atoms with Crippen LogP contribution in [0.15, 0.2) is 30.5 Å². The number of benzene rings is 1. The maximum Gasteiger partial charge on any atom is 0.173 e. The first-order valence-electron chi connectivity index (χ1n) is 8.39. The summed E-state index contributed by atoms with van der Waals surface area (Å²) in [4.78, 5) is 5.49. The Hall–Kier alpha value is -2.67. The van der Waals surface area contributed by atoms with Crippen molar-refractivity contribution in [1.82, 2.24) is 20.1 Å². The molecule has 3 N–H and O–H groups in total. The van der Waals surface area contributed by atoms with E-state index in [1.165, 1.54) is 12.1 Å². The number of aromatic nitrogens is 3. The molecule has 0 spiro atoms. The van der Waals surface area contributed by atoms with E-state index in [9.17, 15) is 9.50 Å². The first-order chi connectivity index (χ1) is 12.1. The molecule has 25 heavy (non-hydrogen) atoms. The molecule has 0 bridgehead atoms. The summed E-state index contributed by atoms with van der Waals surface area (Å²) in [5.74, 6) is 0.0660. The topological polar surface area (TPSA) is 77.1 Å². The van der Waals surface area contributed by atoms with Gasteiger partial charge in [-0.05, 0) is 44.6 Å². The monoisotopic (exact) mass is 341 g/mol. The number of hydrogen-bond donors (Lipinski definition) is 3. The average Bonchev–Trinajstić information content (AvgIpc) is 3.06. The molecule has 4 rings (SSSR count). The van der Waals surface area contributed by atoms with Crippen LogP contribution < -0.4 is 5.32 Å². The summed E-state index contributed by atoms with van der Waals surface area (Å²) in [6.07, 6.45) is 4.06. The Kier molecular flexibility index (Phi) is 4.01. The number of phenolic OH excluding ortho intramolecular Hbond substituents is 1. The fraction of sp³-hybridized carbons (Fsp3) is 0.333. The number of rotatable bonds is 3. The van der Waals surface area contributed by atoms with Crippen molar-refractivity contribution in [1.29, 1.82) is 0 Å². The Balaban J connectivity index is 1.71. The fourth-order valence-electron chi connectivity index (χ4n) is 3.45. The first kappa shape index (κ1) is 15.8. The maximum atomic E-state index is 13.3. The molecular weight excluding hydrogens is 321 g/mol. The number of aromatic hydroxyl groups is 1. The summed E-state index contributed by atoms with van der Waals surface area (Å²) in [6, 6.07) is 6.12. The number of hydrogen-bond acceptors (Lipinski definition) is 5. The van der Waals surface area contributed by atoms with Gasteiger partial charge in [-0.2, -0.15) is 0 Å². The molecule has 2 aromatic heterocycles.